The predicted octanol–water partition coefficient (Wildman–Crippen LogP) is 11.7. The van der Waals surface area contributed by atoms with E-state index in [0.717, 1.165) is 29.8 Å². The molecule has 1 N–H and O–H groups in total. The highest BCUT2D eigenvalue weighted by atomic mass is 16.5. The Morgan fingerprint density at radius 3 is 2.00 bits per heavy atom. The van der Waals surface area contributed by atoms with Crippen molar-refractivity contribution in [3.8, 4) is 22.6 Å². The second-order valence-electron chi connectivity index (χ2n) is 15.4. The molecule has 0 aliphatic heterocycles. The number of fused-ring (bicyclic) bond motifs is 2. The average Bonchev–Trinajstić information content (AvgIpc) is 3.17. The van der Waals surface area contributed by atoms with Gasteiger partial charge in [0.1, 0.15) is 17.1 Å². The summed E-state index contributed by atoms with van der Waals surface area (Å²) in [6, 6.07) is 35.1. The summed E-state index contributed by atoms with van der Waals surface area (Å²) in [5, 5.41) is 4.14. The highest BCUT2D eigenvalue weighted by Gasteiger charge is 2.36. The molecular formula is C47H47N3O3. The van der Waals surface area contributed by atoms with Gasteiger partial charge in [0.05, 0.1) is 16.8 Å². The number of pyridine rings is 1. The lowest BCUT2D eigenvalue weighted by atomic mass is 9.76. The molecule has 5 aromatic carbocycles. The molecule has 0 saturated heterocycles. The molecule has 1 heterocycles. The van der Waals surface area contributed by atoms with Crippen LogP contribution in [0.1, 0.15) is 97.4 Å². The highest BCUT2D eigenvalue weighted by molar-refractivity contribution is 6.32. The second-order valence-corrected chi connectivity index (χ2v) is 15.4. The lowest BCUT2D eigenvalue weighted by Crippen LogP contribution is -2.22. The first-order valence-electron chi connectivity index (χ1n) is 18.5. The average molecular weight is 702 g/mol. The SMILES string of the molecule is CCC(C)(C)c1ccc(Oc2cc(Nc3ccccc3)c3c4c(c(C(=O)c5ccccc5)c(N(C)C)nc24)-c2ccccc2C3=O)c(C(C)(C)CC)c1. The predicted molar refractivity (Wildman–Crippen MR) is 218 cm³/mol. The molecule has 6 nitrogen and oxygen atoms in total. The molecule has 1 aliphatic carbocycles. The number of hydrogen-bond donors (Lipinski definition) is 1. The molecule has 0 radical (unpaired) electrons. The zero-order chi connectivity index (χ0) is 37.7. The summed E-state index contributed by atoms with van der Waals surface area (Å²) >= 11 is 0. The van der Waals surface area contributed by atoms with Gasteiger partial charge >= 0.3 is 0 Å². The van der Waals surface area contributed by atoms with Crippen molar-refractivity contribution in [3.63, 3.8) is 0 Å². The second kappa shape index (κ2) is 13.7. The Hall–Kier alpha value is -5.75. The number of ketones is 2. The summed E-state index contributed by atoms with van der Waals surface area (Å²) < 4.78 is 7.09. The number of nitrogens with zero attached hydrogens (tertiary/aromatic N) is 2. The van der Waals surface area contributed by atoms with Gasteiger partial charge in [-0.15, -0.1) is 0 Å². The maximum Gasteiger partial charge on any atom is 0.197 e. The van der Waals surface area contributed by atoms with Gasteiger partial charge in [-0.05, 0) is 53.0 Å². The van der Waals surface area contributed by atoms with Gasteiger partial charge in [-0.2, -0.15) is 0 Å². The Labute approximate surface area is 312 Å². The minimum absolute atomic E-state index is 0.0122. The number of carbonyl (C=O) groups excluding carboxylic acids is 2. The minimum atomic E-state index is -0.195. The van der Waals surface area contributed by atoms with E-state index < -0.39 is 0 Å². The molecule has 7 rings (SSSR count). The molecule has 0 spiro atoms. The Bertz CT molecular complexity index is 2380. The van der Waals surface area contributed by atoms with E-state index in [0.29, 0.717) is 61.5 Å². The van der Waals surface area contributed by atoms with Crippen molar-refractivity contribution >= 4 is 39.7 Å². The number of aromatic nitrogens is 1. The van der Waals surface area contributed by atoms with Gasteiger partial charge < -0.3 is 15.0 Å². The maximum absolute atomic E-state index is 14.7. The highest BCUT2D eigenvalue weighted by Crippen LogP contribution is 2.51. The van der Waals surface area contributed by atoms with E-state index >= 15 is 0 Å². The number of para-hydroxylation sites is 1. The fourth-order valence-corrected chi connectivity index (χ4v) is 7.15. The number of anilines is 3. The Morgan fingerprint density at radius 2 is 1.36 bits per heavy atom. The van der Waals surface area contributed by atoms with Crippen molar-refractivity contribution in [2.24, 2.45) is 0 Å². The van der Waals surface area contributed by atoms with Crippen LogP contribution >= 0.6 is 0 Å². The van der Waals surface area contributed by atoms with Crippen molar-refractivity contribution in [2.45, 2.75) is 65.2 Å². The van der Waals surface area contributed by atoms with Crippen LogP contribution in [0.3, 0.4) is 0 Å². The third-order valence-corrected chi connectivity index (χ3v) is 11.1. The van der Waals surface area contributed by atoms with Crippen molar-refractivity contribution < 1.29 is 14.3 Å². The van der Waals surface area contributed by atoms with Crippen molar-refractivity contribution in [1.82, 2.24) is 4.98 Å². The number of benzene rings is 5. The first-order valence-corrected chi connectivity index (χ1v) is 18.5. The van der Waals surface area contributed by atoms with E-state index in [1.54, 1.807) is 0 Å². The van der Waals surface area contributed by atoms with E-state index in [9.17, 15) is 9.59 Å². The van der Waals surface area contributed by atoms with E-state index in [1.807, 2.05) is 110 Å². The lowest BCUT2D eigenvalue weighted by Gasteiger charge is -2.31. The molecule has 1 aromatic heterocycles. The molecule has 6 aromatic rings. The number of ether oxygens (including phenoxy) is 1. The zero-order valence-corrected chi connectivity index (χ0v) is 31.9. The van der Waals surface area contributed by atoms with Crippen LogP contribution in [0.2, 0.25) is 0 Å². The van der Waals surface area contributed by atoms with Gasteiger partial charge in [-0.3, -0.25) is 9.59 Å². The van der Waals surface area contributed by atoms with Crippen LogP contribution in [-0.4, -0.2) is 30.6 Å². The largest absolute Gasteiger partial charge is 0.455 e. The van der Waals surface area contributed by atoms with Crippen LogP contribution in [0, 0.1) is 0 Å². The molecule has 0 amide bonds. The summed E-state index contributed by atoms with van der Waals surface area (Å²) in [5.74, 6) is 1.42. The van der Waals surface area contributed by atoms with Crippen LogP contribution in [-0.2, 0) is 10.8 Å². The Balaban J connectivity index is 1.60. The van der Waals surface area contributed by atoms with Gasteiger partial charge in [0.2, 0.25) is 0 Å². The van der Waals surface area contributed by atoms with E-state index in [-0.39, 0.29) is 22.4 Å². The summed E-state index contributed by atoms with van der Waals surface area (Å²) in [6.07, 6.45) is 1.91. The summed E-state index contributed by atoms with van der Waals surface area (Å²) in [7, 11) is 3.79. The minimum Gasteiger partial charge on any atom is -0.455 e. The smallest absolute Gasteiger partial charge is 0.197 e. The van der Waals surface area contributed by atoms with E-state index in [4.69, 9.17) is 9.72 Å². The fourth-order valence-electron chi connectivity index (χ4n) is 7.15. The molecular weight excluding hydrogens is 655 g/mol. The molecule has 0 fully saturated rings. The molecule has 268 valence electrons. The maximum atomic E-state index is 14.7. The molecule has 0 atom stereocenters. The van der Waals surface area contributed by atoms with E-state index in [2.05, 4.69) is 65.1 Å². The molecule has 6 heteroatoms. The van der Waals surface area contributed by atoms with E-state index in [1.165, 1.54) is 5.56 Å². The number of hydrogen-bond acceptors (Lipinski definition) is 6. The zero-order valence-electron chi connectivity index (χ0n) is 31.9. The Kier molecular flexibility index (Phi) is 9.19. The van der Waals surface area contributed by atoms with Gasteiger partial charge in [0.25, 0.3) is 0 Å². The van der Waals surface area contributed by atoms with Crippen molar-refractivity contribution in [3.05, 3.63) is 143 Å². The van der Waals surface area contributed by atoms with Gasteiger partial charge in [0.15, 0.2) is 17.3 Å². The summed E-state index contributed by atoms with van der Waals surface area (Å²) in [6.45, 7) is 13.5. The fraction of sp³-hybridized carbons (Fsp3) is 0.255. The lowest BCUT2D eigenvalue weighted by molar-refractivity contribution is 0.102. The van der Waals surface area contributed by atoms with Crippen molar-refractivity contribution in [1.29, 1.82) is 0 Å². The van der Waals surface area contributed by atoms with Crippen molar-refractivity contribution in [2.75, 3.05) is 24.3 Å². The molecule has 0 bridgehead atoms. The first kappa shape index (κ1) is 35.6. The van der Waals surface area contributed by atoms with Crippen LogP contribution in [0.15, 0.2) is 109 Å². The normalized spacial score (nSPS) is 12.4. The van der Waals surface area contributed by atoms with Gasteiger partial charge in [0, 0.05) is 53.5 Å². The number of nitrogens with one attached hydrogen (secondary N) is 1. The molecule has 0 saturated carbocycles. The summed E-state index contributed by atoms with van der Waals surface area (Å²) in [4.78, 5) is 36.6. The third kappa shape index (κ3) is 6.26. The molecule has 0 unspecified atom stereocenters. The van der Waals surface area contributed by atoms with Gasteiger partial charge in [-0.25, -0.2) is 4.98 Å². The molecule has 1 aliphatic rings. The number of carbonyl (C=O) groups is 2. The Morgan fingerprint density at radius 1 is 0.736 bits per heavy atom. The van der Waals surface area contributed by atoms with Crippen LogP contribution in [0.4, 0.5) is 17.2 Å². The quantitative estimate of drug-likeness (QED) is 0.135. The topological polar surface area (TPSA) is 71.5 Å². The van der Waals surface area contributed by atoms with Gasteiger partial charge in [-0.1, -0.05) is 126 Å². The monoisotopic (exact) mass is 701 g/mol. The summed E-state index contributed by atoms with van der Waals surface area (Å²) in [5.41, 5.74) is 7.41. The first-order chi connectivity index (χ1) is 25.4. The standard InChI is InChI=1S/C47H47N3O3/c1-9-46(3,4)30-25-26-36(34(27-30)47(5,6)10-2)53-37-28-35(48-31-21-15-12-16-22-31)39-40-38(32-23-17-18-24-33(32)44(39)52)41(45(50(7)8)49-42(37)40)43(51)29-19-13-11-14-20-29/h11-28,48H,9-10H2,1-8H3. The molecule has 53 heavy (non-hydrogen) atoms. The number of rotatable bonds is 11. The van der Waals surface area contributed by atoms with Crippen LogP contribution in [0.25, 0.3) is 22.0 Å². The third-order valence-electron chi connectivity index (χ3n) is 11.1. The van der Waals surface area contributed by atoms with Crippen LogP contribution < -0.4 is 15.0 Å². The van der Waals surface area contributed by atoms with Crippen LogP contribution in [0.5, 0.6) is 11.5 Å².